The molecule has 0 radical (unpaired) electrons. The minimum Gasteiger partial charge on any atom is -0.299 e. The summed E-state index contributed by atoms with van der Waals surface area (Å²) in [5.74, 6) is -1.70. The van der Waals surface area contributed by atoms with Gasteiger partial charge in [-0.3, -0.25) is 19.8 Å². The molecule has 1 N–H and O–H groups in total. The molecule has 0 bridgehead atoms. The molecule has 0 saturated heterocycles. The summed E-state index contributed by atoms with van der Waals surface area (Å²) in [5, 5.41) is 9.96. The van der Waals surface area contributed by atoms with E-state index in [9.17, 15) is 14.0 Å². The number of aromatic nitrogens is 3. The molecule has 2 amide bonds. The molecule has 0 aliphatic carbocycles. The summed E-state index contributed by atoms with van der Waals surface area (Å²) < 4.78 is 16.6. The van der Waals surface area contributed by atoms with Crippen molar-refractivity contribution in [2.24, 2.45) is 0 Å². The average Bonchev–Trinajstić information content (AvgIpc) is 3.52. The number of carbonyl (C=O) groups is 2. The summed E-state index contributed by atoms with van der Waals surface area (Å²) in [4.78, 5) is 31.5. The van der Waals surface area contributed by atoms with Crippen LogP contribution in [0.1, 0.15) is 55.2 Å². The molecule has 4 rings (SSSR count). The van der Waals surface area contributed by atoms with Gasteiger partial charge < -0.3 is 0 Å². The van der Waals surface area contributed by atoms with Gasteiger partial charge in [-0.15, -0.1) is 11.3 Å². The molecule has 0 spiro atoms. The molecule has 1 unspecified atom stereocenters. The molecule has 1 atom stereocenters. The minimum atomic E-state index is -0.715. The highest BCUT2D eigenvalue weighted by atomic mass is 35.5. The second kappa shape index (κ2) is 10.4. The van der Waals surface area contributed by atoms with Crippen molar-refractivity contribution in [1.82, 2.24) is 14.8 Å². The van der Waals surface area contributed by atoms with E-state index in [0.717, 1.165) is 5.69 Å². The predicted molar refractivity (Wildman–Crippen MR) is 146 cm³/mol. The standard InChI is InChI=1S/C27H27ClFN5O2S/c1-16(17-9-10-20(21(29)13-17)24(35)31-26-30-11-12-37-26)25(36)33(5)23-15-22(27(2,3)4)32-34(23)19-8-6-7-18(28)14-19/h6-16H,1-5H3,(H,30,31,35). The van der Waals surface area contributed by atoms with Crippen molar-refractivity contribution >= 4 is 45.7 Å². The van der Waals surface area contributed by atoms with E-state index in [4.69, 9.17) is 16.7 Å². The van der Waals surface area contributed by atoms with Gasteiger partial charge >= 0.3 is 0 Å². The number of nitrogens with one attached hydrogen (secondary N) is 1. The summed E-state index contributed by atoms with van der Waals surface area (Å²) in [6, 6.07) is 13.3. The molecule has 2 heterocycles. The number of hydrogen-bond acceptors (Lipinski definition) is 5. The predicted octanol–water partition coefficient (Wildman–Crippen LogP) is 6.44. The van der Waals surface area contributed by atoms with Crippen molar-refractivity contribution in [3.63, 3.8) is 0 Å². The van der Waals surface area contributed by atoms with Crippen LogP contribution in [0.5, 0.6) is 0 Å². The van der Waals surface area contributed by atoms with Gasteiger partial charge in [-0.2, -0.15) is 5.10 Å². The number of amides is 2. The normalized spacial score (nSPS) is 12.3. The summed E-state index contributed by atoms with van der Waals surface area (Å²) in [6.45, 7) is 7.83. The molecule has 7 nitrogen and oxygen atoms in total. The highest BCUT2D eigenvalue weighted by Crippen LogP contribution is 2.31. The Balaban J connectivity index is 1.62. The van der Waals surface area contributed by atoms with E-state index in [-0.39, 0.29) is 16.9 Å². The summed E-state index contributed by atoms with van der Waals surface area (Å²) >= 11 is 7.46. The fraction of sp³-hybridized carbons (Fsp3) is 0.259. The van der Waals surface area contributed by atoms with Crippen LogP contribution in [0.4, 0.5) is 15.3 Å². The molecular formula is C27H27ClFN5O2S. The van der Waals surface area contributed by atoms with Gasteiger partial charge in [0, 0.05) is 35.1 Å². The molecule has 0 saturated carbocycles. The number of benzene rings is 2. The minimum absolute atomic E-state index is 0.124. The van der Waals surface area contributed by atoms with Gasteiger partial charge in [0.05, 0.1) is 22.9 Å². The molecule has 10 heteroatoms. The zero-order chi connectivity index (χ0) is 26.9. The van der Waals surface area contributed by atoms with E-state index in [1.165, 1.54) is 28.4 Å². The van der Waals surface area contributed by atoms with E-state index in [1.54, 1.807) is 48.4 Å². The number of halogens is 2. The summed E-state index contributed by atoms with van der Waals surface area (Å²) in [5.41, 5.74) is 1.58. The quantitative estimate of drug-likeness (QED) is 0.306. The first kappa shape index (κ1) is 26.5. The van der Waals surface area contributed by atoms with Gasteiger partial charge in [-0.05, 0) is 42.8 Å². The van der Waals surface area contributed by atoms with Crippen molar-refractivity contribution in [2.75, 3.05) is 17.3 Å². The fourth-order valence-corrected chi connectivity index (χ4v) is 4.46. The molecular weight excluding hydrogens is 513 g/mol. The van der Waals surface area contributed by atoms with Crippen LogP contribution in [0.15, 0.2) is 60.1 Å². The van der Waals surface area contributed by atoms with Crippen molar-refractivity contribution in [2.45, 2.75) is 39.0 Å². The van der Waals surface area contributed by atoms with Gasteiger partial charge in [-0.25, -0.2) is 14.1 Å². The second-order valence-electron chi connectivity index (χ2n) is 9.68. The molecule has 0 aliphatic rings. The Hall–Kier alpha value is -3.56. The third-order valence-corrected chi connectivity index (χ3v) is 6.87. The smallest absolute Gasteiger partial charge is 0.260 e. The van der Waals surface area contributed by atoms with Crippen LogP contribution in [0.2, 0.25) is 5.02 Å². The van der Waals surface area contributed by atoms with Crippen LogP contribution >= 0.6 is 22.9 Å². The lowest BCUT2D eigenvalue weighted by atomic mass is 9.92. The number of nitrogens with zero attached hydrogens (tertiary/aromatic N) is 4. The molecule has 2 aromatic heterocycles. The Morgan fingerprint density at radius 3 is 2.54 bits per heavy atom. The number of carbonyl (C=O) groups excluding carboxylic acids is 2. The van der Waals surface area contributed by atoms with Gasteiger partial charge in [0.15, 0.2) is 5.13 Å². The van der Waals surface area contributed by atoms with E-state index in [2.05, 4.69) is 10.3 Å². The van der Waals surface area contributed by atoms with Crippen LogP contribution in [-0.2, 0) is 10.2 Å². The zero-order valence-electron chi connectivity index (χ0n) is 21.1. The lowest BCUT2D eigenvalue weighted by Gasteiger charge is -2.22. The second-order valence-corrected chi connectivity index (χ2v) is 11.0. The maximum atomic E-state index is 14.9. The Morgan fingerprint density at radius 1 is 1.16 bits per heavy atom. The largest absolute Gasteiger partial charge is 0.299 e. The zero-order valence-corrected chi connectivity index (χ0v) is 22.7. The van der Waals surface area contributed by atoms with E-state index in [0.29, 0.717) is 27.2 Å². The topological polar surface area (TPSA) is 80.1 Å². The van der Waals surface area contributed by atoms with Crippen molar-refractivity contribution in [3.8, 4) is 5.69 Å². The first-order valence-electron chi connectivity index (χ1n) is 11.6. The highest BCUT2D eigenvalue weighted by molar-refractivity contribution is 7.13. The number of hydrogen-bond donors (Lipinski definition) is 1. The average molecular weight is 540 g/mol. The van der Waals surface area contributed by atoms with Crippen molar-refractivity contribution in [3.05, 3.63) is 87.8 Å². The number of anilines is 2. The molecule has 192 valence electrons. The summed E-state index contributed by atoms with van der Waals surface area (Å²) in [6.07, 6.45) is 1.55. The Kier molecular flexibility index (Phi) is 7.47. The number of rotatable bonds is 6. The van der Waals surface area contributed by atoms with Crippen LogP contribution in [0.25, 0.3) is 5.69 Å². The van der Waals surface area contributed by atoms with Crippen LogP contribution in [0.3, 0.4) is 0 Å². The lowest BCUT2D eigenvalue weighted by molar-refractivity contribution is -0.119. The van der Waals surface area contributed by atoms with Crippen molar-refractivity contribution in [1.29, 1.82) is 0 Å². The third kappa shape index (κ3) is 5.73. The third-order valence-electron chi connectivity index (χ3n) is 5.95. The lowest BCUT2D eigenvalue weighted by Crippen LogP contribution is -2.32. The Bertz CT molecular complexity index is 1450. The number of likely N-dealkylation sites (N-methyl/N-ethyl adjacent to an activating group) is 1. The van der Waals surface area contributed by atoms with E-state index in [1.807, 2.05) is 39.0 Å². The van der Waals surface area contributed by atoms with E-state index >= 15 is 0 Å². The van der Waals surface area contributed by atoms with Crippen LogP contribution < -0.4 is 10.2 Å². The maximum absolute atomic E-state index is 14.9. The van der Waals surface area contributed by atoms with Gasteiger partial charge in [0.25, 0.3) is 5.91 Å². The molecule has 0 fully saturated rings. The Labute approximate surface area is 223 Å². The molecule has 0 aliphatic heterocycles. The SMILES string of the molecule is CC(C(=O)N(C)c1cc(C(C)(C)C)nn1-c1cccc(Cl)c1)c1ccc(C(=O)Nc2nccs2)c(F)c1. The Morgan fingerprint density at radius 2 is 1.92 bits per heavy atom. The van der Waals surface area contributed by atoms with Crippen LogP contribution in [0, 0.1) is 5.82 Å². The van der Waals surface area contributed by atoms with Gasteiger partial charge in [-0.1, -0.05) is 44.5 Å². The highest BCUT2D eigenvalue weighted by Gasteiger charge is 2.28. The summed E-state index contributed by atoms with van der Waals surface area (Å²) in [7, 11) is 1.66. The van der Waals surface area contributed by atoms with Crippen LogP contribution in [-0.4, -0.2) is 33.6 Å². The van der Waals surface area contributed by atoms with Gasteiger partial charge in [0.1, 0.15) is 11.6 Å². The fourth-order valence-electron chi connectivity index (χ4n) is 3.75. The number of thiazole rings is 1. The van der Waals surface area contributed by atoms with Crippen molar-refractivity contribution < 1.29 is 14.0 Å². The molecule has 4 aromatic rings. The first-order chi connectivity index (χ1) is 17.5. The molecule has 37 heavy (non-hydrogen) atoms. The van der Waals surface area contributed by atoms with Gasteiger partial charge in [0.2, 0.25) is 5.91 Å². The maximum Gasteiger partial charge on any atom is 0.260 e. The first-order valence-corrected chi connectivity index (χ1v) is 12.9. The monoisotopic (exact) mass is 539 g/mol. The molecule has 2 aromatic carbocycles. The van der Waals surface area contributed by atoms with E-state index < -0.39 is 17.6 Å².